The third-order valence-electron chi connectivity index (χ3n) is 3.04. The molecule has 4 nitrogen and oxygen atoms in total. The molecule has 6 heteroatoms. The van der Waals surface area contributed by atoms with Crippen molar-refractivity contribution in [2.75, 3.05) is 12.3 Å². The molecule has 0 saturated carbocycles. The molecular weight excluding hydrogens is 292 g/mol. The molecule has 20 heavy (non-hydrogen) atoms. The molecule has 0 radical (unpaired) electrons. The van der Waals surface area contributed by atoms with Crippen LogP contribution in [0.4, 0.5) is 4.79 Å². The van der Waals surface area contributed by atoms with E-state index in [1.807, 2.05) is 49.1 Å². The Morgan fingerprint density at radius 2 is 2.40 bits per heavy atom. The number of nitrogens with zero attached hydrogens (tertiary/aromatic N) is 2. The number of ether oxygens (including phenoxy) is 1. The Balaban J connectivity index is 1.79. The summed E-state index contributed by atoms with van der Waals surface area (Å²) < 4.78 is 5.47. The van der Waals surface area contributed by atoms with Crippen LogP contribution in [0.25, 0.3) is 0 Å². The van der Waals surface area contributed by atoms with Crippen molar-refractivity contribution in [3.05, 3.63) is 16.6 Å². The number of carbonyl (C=O) groups is 1. The Hall–Kier alpha value is -0.750. The summed E-state index contributed by atoms with van der Waals surface area (Å²) in [5, 5.41) is 0. The first-order chi connectivity index (χ1) is 9.46. The Labute approximate surface area is 128 Å². The van der Waals surface area contributed by atoms with Crippen LogP contribution < -0.4 is 0 Å². The highest BCUT2D eigenvalue weighted by Crippen LogP contribution is 2.25. The summed E-state index contributed by atoms with van der Waals surface area (Å²) in [6.07, 6.45) is 3.90. The topological polar surface area (TPSA) is 42.4 Å². The molecule has 2 heterocycles. The van der Waals surface area contributed by atoms with Gasteiger partial charge in [-0.2, -0.15) is 11.8 Å². The van der Waals surface area contributed by atoms with Gasteiger partial charge in [-0.25, -0.2) is 4.79 Å². The lowest BCUT2D eigenvalue weighted by atomic mass is 10.2. The van der Waals surface area contributed by atoms with Crippen molar-refractivity contribution in [2.45, 2.75) is 51.0 Å². The summed E-state index contributed by atoms with van der Waals surface area (Å²) in [5.41, 5.74) is 1.44. The molecule has 1 atom stereocenters. The van der Waals surface area contributed by atoms with Crippen LogP contribution in [-0.2, 0) is 10.5 Å². The minimum absolute atomic E-state index is 0.168. The quantitative estimate of drug-likeness (QED) is 0.848. The third-order valence-corrected chi connectivity index (χ3v) is 5.14. The van der Waals surface area contributed by atoms with Gasteiger partial charge in [-0.15, -0.1) is 11.3 Å². The van der Waals surface area contributed by atoms with Gasteiger partial charge in [-0.3, -0.25) is 4.98 Å². The normalized spacial score (nSPS) is 19.4. The molecule has 0 N–H and O–H groups in total. The number of aromatic nitrogens is 1. The SMILES string of the molecule is CC(C)(C)OC(=O)N1CCC[C@H]1CSCc1cncs1. The zero-order valence-corrected chi connectivity index (χ0v) is 13.9. The second-order valence-corrected chi connectivity index (χ2v) is 7.95. The summed E-state index contributed by atoms with van der Waals surface area (Å²) in [5.74, 6) is 1.94. The van der Waals surface area contributed by atoms with Gasteiger partial charge in [-0.05, 0) is 33.6 Å². The Morgan fingerprint density at radius 1 is 1.60 bits per heavy atom. The predicted octanol–water partition coefficient (Wildman–Crippen LogP) is 3.78. The van der Waals surface area contributed by atoms with Crippen LogP contribution >= 0.6 is 23.1 Å². The molecule has 1 amide bonds. The molecule has 2 rings (SSSR count). The van der Waals surface area contributed by atoms with E-state index in [1.165, 1.54) is 4.88 Å². The molecule has 1 aromatic rings. The van der Waals surface area contributed by atoms with Gasteiger partial charge in [0, 0.05) is 35.2 Å². The Morgan fingerprint density at radius 3 is 3.05 bits per heavy atom. The van der Waals surface area contributed by atoms with Crippen LogP contribution in [0.3, 0.4) is 0 Å². The molecule has 0 bridgehead atoms. The van der Waals surface area contributed by atoms with Crippen LogP contribution in [0.1, 0.15) is 38.5 Å². The summed E-state index contributed by atoms with van der Waals surface area (Å²) in [6.45, 7) is 6.55. The first-order valence-corrected chi connectivity index (χ1v) is 8.94. The average Bonchev–Trinajstić information content (AvgIpc) is 2.97. The van der Waals surface area contributed by atoms with E-state index in [1.54, 1.807) is 11.3 Å². The Kier molecular flexibility index (Phi) is 5.32. The lowest BCUT2D eigenvalue weighted by Gasteiger charge is -2.28. The van der Waals surface area contributed by atoms with Crippen molar-refractivity contribution in [3.8, 4) is 0 Å². The molecule has 0 aliphatic carbocycles. The first kappa shape index (κ1) is 15.6. The molecule has 0 spiro atoms. The molecule has 0 aromatic carbocycles. The second kappa shape index (κ2) is 6.80. The van der Waals surface area contributed by atoms with Gasteiger partial charge in [0.25, 0.3) is 0 Å². The molecule has 112 valence electrons. The maximum atomic E-state index is 12.1. The zero-order chi connectivity index (χ0) is 14.6. The maximum Gasteiger partial charge on any atom is 0.410 e. The van der Waals surface area contributed by atoms with E-state index in [0.717, 1.165) is 30.9 Å². The summed E-state index contributed by atoms with van der Waals surface area (Å²) >= 11 is 3.55. The highest BCUT2D eigenvalue weighted by Gasteiger charge is 2.31. The highest BCUT2D eigenvalue weighted by molar-refractivity contribution is 7.98. The van der Waals surface area contributed by atoms with Crippen LogP contribution in [-0.4, -0.2) is 39.9 Å². The second-order valence-electron chi connectivity index (χ2n) is 5.95. The number of rotatable bonds is 4. The number of hydrogen-bond acceptors (Lipinski definition) is 5. The first-order valence-electron chi connectivity index (χ1n) is 6.90. The molecule has 1 saturated heterocycles. The van der Waals surface area contributed by atoms with Crippen LogP contribution in [0.2, 0.25) is 0 Å². The number of likely N-dealkylation sites (tertiary alicyclic amines) is 1. The number of hydrogen-bond donors (Lipinski definition) is 0. The van der Waals surface area contributed by atoms with E-state index in [-0.39, 0.29) is 6.09 Å². The van der Waals surface area contributed by atoms with Gasteiger partial charge in [0.05, 0.1) is 5.51 Å². The zero-order valence-electron chi connectivity index (χ0n) is 12.3. The summed E-state index contributed by atoms with van der Waals surface area (Å²) in [4.78, 5) is 19.4. The van der Waals surface area contributed by atoms with Crippen molar-refractivity contribution in [1.29, 1.82) is 0 Å². The minimum Gasteiger partial charge on any atom is -0.444 e. The van der Waals surface area contributed by atoms with Gasteiger partial charge in [0.2, 0.25) is 0 Å². The predicted molar refractivity (Wildman–Crippen MR) is 84.2 cm³/mol. The summed E-state index contributed by atoms with van der Waals surface area (Å²) in [6, 6.07) is 0.308. The maximum absolute atomic E-state index is 12.1. The standard InChI is InChI=1S/C14H22N2O2S2/c1-14(2,3)18-13(17)16-6-4-5-11(16)8-19-9-12-7-15-10-20-12/h7,10-11H,4-6,8-9H2,1-3H3/t11-/m0/s1. The fourth-order valence-corrected chi connectivity index (χ4v) is 4.09. The van der Waals surface area contributed by atoms with E-state index in [9.17, 15) is 4.79 Å². The third kappa shape index (κ3) is 4.66. The Bertz CT molecular complexity index is 429. The summed E-state index contributed by atoms with van der Waals surface area (Å²) in [7, 11) is 0. The number of carbonyl (C=O) groups excluding carboxylic acids is 1. The van der Waals surface area contributed by atoms with Gasteiger partial charge in [-0.1, -0.05) is 0 Å². The lowest BCUT2D eigenvalue weighted by molar-refractivity contribution is 0.0242. The van der Waals surface area contributed by atoms with E-state index >= 15 is 0 Å². The molecule has 1 aliphatic heterocycles. The molecule has 1 aromatic heterocycles. The molecular formula is C14H22N2O2S2. The number of thioether (sulfide) groups is 1. The van der Waals surface area contributed by atoms with E-state index in [4.69, 9.17) is 4.74 Å². The van der Waals surface area contributed by atoms with Gasteiger partial charge in [0.15, 0.2) is 0 Å². The largest absolute Gasteiger partial charge is 0.444 e. The van der Waals surface area contributed by atoms with Crippen molar-refractivity contribution < 1.29 is 9.53 Å². The van der Waals surface area contributed by atoms with Crippen LogP contribution in [0, 0.1) is 0 Å². The lowest BCUT2D eigenvalue weighted by Crippen LogP contribution is -2.40. The minimum atomic E-state index is -0.417. The van der Waals surface area contributed by atoms with Crippen molar-refractivity contribution >= 4 is 29.2 Å². The molecule has 0 unspecified atom stereocenters. The van der Waals surface area contributed by atoms with Gasteiger partial charge < -0.3 is 9.64 Å². The fourth-order valence-electron chi connectivity index (χ4n) is 2.18. The smallest absolute Gasteiger partial charge is 0.410 e. The fraction of sp³-hybridized carbons (Fsp3) is 0.714. The van der Waals surface area contributed by atoms with Crippen molar-refractivity contribution in [3.63, 3.8) is 0 Å². The monoisotopic (exact) mass is 314 g/mol. The van der Waals surface area contributed by atoms with Crippen molar-refractivity contribution in [1.82, 2.24) is 9.88 Å². The van der Waals surface area contributed by atoms with Crippen LogP contribution in [0.15, 0.2) is 11.7 Å². The number of amides is 1. The van der Waals surface area contributed by atoms with E-state index < -0.39 is 5.60 Å². The number of thiazole rings is 1. The van der Waals surface area contributed by atoms with Gasteiger partial charge in [0.1, 0.15) is 5.60 Å². The van der Waals surface area contributed by atoms with Gasteiger partial charge >= 0.3 is 6.09 Å². The van der Waals surface area contributed by atoms with Crippen molar-refractivity contribution in [2.24, 2.45) is 0 Å². The van der Waals surface area contributed by atoms with E-state index in [2.05, 4.69) is 4.98 Å². The highest BCUT2D eigenvalue weighted by atomic mass is 32.2. The molecule has 1 aliphatic rings. The van der Waals surface area contributed by atoms with E-state index in [0.29, 0.717) is 6.04 Å². The van der Waals surface area contributed by atoms with Crippen LogP contribution in [0.5, 0.6) is 0 Å². The average molecular weight is 314 g/mol. The molecule has 1 fully saturated rings.